The fraction of sp³-hybridized carbons (Fsp3) is 0.333. The first-order valence-corrected chi connectivity index (χ1v) is 6.12. The van der Waals surface area contributed by atoms with Gasteiger partial charge < -0.3 is 14.9 Å². The minimum absolute atomic E-state index is 0. The molecule has 0 radical (unpaired) electrons. The van der Waals surface area contributed by atoms with Gasteiger partial charge in [0.15, 0.2) is 0 Å². The monoisotopic (exact) mass is 301 g/mol. The van der Waals surface area contributed by atoms with E-state index in [1.54, 1.807) is 6.07 Å². The van der Waals surface area contributed by atoms with Crippen LogP contribution in [0.5, 0.6) is 0 Å². The zero-order valence-electron chi connectivity index (χ0n) is 9.91. The van der Waals surface area contributed by atoms with E-state index >= 15 is 0 Å². The van der Waals surface area contributed by atoms with Gasteiger partial charge in [-0.15, -0.1) is 12.4 Å². The number of aromatic nitrogens is 2. The summed E-state index contributed by atoms with van der Waals surface area (Å²) in [6.07, 6.45) is 0.232. The van der Waals surface area contributed by atoms with Crippen molar-refractivity contribution in [3.63, 3.8) is 0 Å². The molecule has 3 rings (SSSR count). The summed E-state index contributed by atoms with van der Waals surface area (Å²) in [5.74, 6) is 0.959. The Labute approximate surface area is 121 Å². The van der Waals surface area contributed by atoms with E-state index in [1.807, 2.05) is 18.2 Å². The van der Waals surface area contributed by atoms with Crippen molar-refractivity contribution in [2.45, 2.75) is 18.6 Å². The molecule has 0 bridgehead atoms. The van der Waals surface area contributed by atoms with Crippen LogP contribution >= 0.6 is 24.0 Å². The van der Waals surface area contributed by atoms with Crippen molar-refractivity contribution in [1.29, 1.82) is 0 Å². The van der Waals surface area contributed by atoms with Crippen molar-refractivity contribution in [2.24, 2.45) is 0 Å². The lowest BCUT2D eigenvalue weighted by atomic mass is 10.2. The van der Waals surface area contributed by atoms with Crippen LogP contribution in [0.2, 0.25) is 5.02 Å². The van der Waals surface area contributed by atoms with Gasteiger partial charge in [-0.3, -0.25) is 0 Å². The summed E-state index contributed by atoms with van der Waals surface area (Å²) in [6.45, 7) is 0.550. The number of rotatable bonds is 2. The molecular weight excluding hydrogens is 289 g/mol. The average molecular weight is 302 g/mol. The van der Waals surface area contributed by atoms with Gasteiger partial charge in [-0.1, -0.05) is 28.9 Å². The number of nitrogens with one attached hydrogen (secondary N) is 1. The first-order valence-electron chi connectivity index (χ1n) is 5.74. The lowest BCUT2D eigenvalue weighted by Crippen LogP contribution is -2.15. The number of hydrogen-bond donors (Lipinski definition) is 2. The second kappa shape index (κ2) is 5.88. The van der Waals surface area contributed by atoms with E-state index < -0.39 is 0 Å². The van der Waals surface area contributed by atoms with E-state index in [0.717, 1.165) is 5.56 Å². The van der Waals surface area contributed by atoms with Gasteiger partial charge in [-0.05, 0) is 18.6 Å². The van der Waals surface area contributed by atoms with Crippen LogP contribution in [0.1, 0.15) is 18.4 Å². The van der Waals surface area contributed by atoms with Gasteiger partial charge in [0.25, 0.3) is 0 Å². The maximum atomic E-state index is 9.46. The summed E-state index contributed by atoms with van der Waals surface area (Å²) < 4.78 is 5.21. The van der Waals surface area contributed by atoms with Crippen molar-refractivity contribution in [1.82, 2.24) is 15.5 Å². The summed E-state index contributed by atoms with van der Waals surface area (Å²) in [5, 5.41) is 17.1. The number of nitrogens with zero attached hydrogens (tertiary/aromatic N) is 2. The second-order valence-corrected chi connectivity index (χ2v) is 4.69. The van der Waals surface area contributed by atoms with E-state index in [-0.39, 0.29) is 24.6 Å². The highest BCUT2D eigenvalue weighted by Gasteiger charge is 2.28. The summed E-state index contributed by atoms with van der Waals surface area (Å²) >= 11 is 6.07. The van der Waals surface area contributed by atoms with Crippen LogP contribution < -0.4 is 5.32 Å². The molecule has 2 aromatic rings. The molecule has 102 valence electrons. The topological polar surface area (TPSA) is 71.2 Å². The molecule has 2 N–H and O–H groups in total. The van der Waals surface area contributed by atoms with Crippen molar-refractivity contribution in [3.8, 4) is 11.4 Å². The molecule has 2 heterocycles. The zero-order valence-corrected chi connectivity index (χ0v) is 11.5. The van der Waals surface area contributed by atoms with Crippen LogP contribution in [0.4, 0.5) is 0 Å². The van der Waals surface area contributed by atoms with Crippen LogP contribution in [0.3, 0.4) is 0 Å². The van der Waals surface area contributed by atoms with E-state index in [2.05, 4.69) is 15.5 Å². The highest BCUT2D eigenvalue weighted by molar-refractivity contribution is 6.33. The Hall–Kier alpha value is -1.14. The number of hydrogen-bond acceptors (Lipinski definition) is 5. The maximum Gasteiger partial charge on any atom is 0.244 e. The molecule has 1 aromatic carbocycles. The maximum absolute atomic E-state index is 9.46. The van der Waals surface area contributed by atoms with Crippen molar-refractivity contribution in [3.05, 3.63) is 35.2 Å². The number of β-amino-alcohol motifs (C(OH)–C–C–N with tert-alkyl or cyclic N) is 1. The molecular formula is C12H13Cl2N3O2. The number of aliphatic hydroxyl groups excluding tert-OH is 1. The zero-order chi connectivity index (χ0) is 12.5. The Balaban J connectivity index is 0.00000133. The smallest absolute Gasteiger partial charge is 0.244 e. The van der Waals surface area contributed by atoms with Gasteiger partial charge in [-0.2, -0.15) is 4.98 Å². The predicted octanol–water partition coefficient (Wildman–Crippen LogP) is 2.21. The summed E-state index contributed by atoms with van der Waals surface area (Å²) in [5.41, 5.74) is 0.743. The molecule has 0 saturated carbocycles. The van der Waals surface area contributed by atoms with Gasteiger partial charge in [0, 0.05) is 12.1 Å². The Kier molecular flexibility index (Phi) is 4.42. The first-order chi connectivity index (χ1) is 8.74. The predicted molar refractivity (Wildman–Crippen MR) is 73.4 cm³/mol. The second-order valence-electron chi connectivity index (χ2n) is 4.29. The highest BCUT2D eigenvalue weighted by Crippen LogP contribution is 2.28. The van der Waals surface area contributed by atoms with Crippen LogP contribution in [-0.2, 0) is 0 Å². The molecule has 1 aliphatic heterocycles. The van der Waals surface area contributed by atoms with Gasteiger partial charge in [-0.25, -0.2) is 0 Å². The lowest BCUT2D eigenvalue weighted by Gasteiger charge is -2.01. The first kappa shape index (κ1) is 14.3. The number of aliphatic hydroxyl groups is 1. The average Bonchev–Trinajstić information content (AvgIpc) is 2.98. The Morgan fingerprint density at radius 2 is 2.16 bits per heavy atom. The molecule has 5 nitrogen and oxygen atoms in total. The Bertz CT molecular complexity index is 561. The number of halogens is 2. The van der Waals surface area contributed by atoms with E-state index in [1.165, 1.54) is 0 Å². The van der Waals surface area contributed by atoms with E-state index in [9.17, 15) is 5.11 Å². The van der Waals surface area contributed by atoms with Crippen LogP contribution in [0.25, 0.3) is 11.4 Å². The van der Waals surface area contributed by atoms with Crippen molar-refractivity contribution < 1.29 is 9.63 Å². The van der Waals surface area contributed by atoms with Gasteiger partial charge >= 0.3 is 0 Å². The van der Waals surface area contributed by atoms with Crippen molar-refractivity contribution >= 4 is 24.0 Å². The fourth-order valence-electron chi connectivity index (χ4n) is 2.03. The SMILES string of the molecule is Cl.O[C@@H]1CN[C@H](c2nc(-c3ccccc3Cl)no2)C1. The third-order valence-corrected chi connectivity index (χ3v) is 3.29. The quantitative estimate of drug-likeness (QED) is 0.890. The minimum Gasteiger partial charge on any atom is -0.392 e. The minimum atomic E-state index is -0.356. The molecule has 1 fully saturated rings. The molecule has 0 unspecified atom stereocenters. The molecule has 0 aliphatic carbocycles. The standard InChI is InChI=1S/C12H12ClN3O2.ClH/c13-9-4-2-1-3-8(9)11-15-12(18-16-11)10-5-7(17)6-14-10;/h1-4,7,10,14,17H,5-6H2;1H/t7-,10-;/m0./s1. The Morgan fingerprint density at radius 3 is 2.84 bits per heavy atom. The van der Waals surface area contributed by atoms with Crippen LogP contribution in [-0.4, -0.2) is 27.9 Å². The van der Waals surface area contributed by atoms with Crippen LogP contribution in [0, 0.1) is 0 Å². The van der Waals surface area contributed by atoms with E-state index in [4.69, 9.17) is 16.1 Å². The lowest BCUT2D eigenvalue weighted by molar-refractivity contribution is 0.191. The molecule has 0 amide bonds. The largest absolute Gasteiger partial charge is 0.392 e. The molecule has 2 atom stereocenters. The Morgan fingerprint density at radius 1 is 1.37 bits per heavy atom. The third-order valence-electron chi connectivity index (χ3n) is 2.96. The summed E-state index contributed by atoms with van der Waals surface area (Å²) in [7, 11) is 0. The molecule has 1 aliphatic rings. The molecule has 1 aromatic heterocycles. The van der Waals surface area contributed by atoms with Gasteiger partial charge in [0.05, 0.1) is 17.2 Å². The summed E-state index contributed by atoms with van der Waals surface area (Å²) in [4.78, 5) is 4.32. The van der Waals surface area contributed by atoms with Crippen molar-refractivity contribution in [2.75, 3.05) is 6.54 Å². The fourth-order valence-corrected chi connectivity index (χ4v) is 2.25. The normalized spacial score (nSPS) is 22.2. The van der Waals surface area contributed by atoms with Crippen LogP contribution in [0.15, 0.2) is 28.8 Å². The molecule has 7 heteroatoms. The number of benzene rings is 1. The molecule has 0 spiro atoms. The van der Waals surface area contributed by atoms with E-state index in [0.29, 0.717) is 29.7 Å². The molecule has 1 saturated heterocycles. The highest BCUT2D eigenvalue weighted by atomic mass is 35.5. The third kappa shape index (κ3) is 2.90. The van der Waals surface area contributed by atoms with Gasteiger partial charge in [0.2, 0.25) is 11.7 Å². The molecule has 19 heavy (non-hydrogen) atoms. The van der Waals surface area contributed by atoms with Gasteiger partial charge in [0.1, 0.15) is 0 Å². The summed E-state index contributed by atoms with van der Waals surface area (Å²) in [6, 6.07) is 7.26.